The van der Waals surface area contributed by atoms with Crippen molar-refractivity contribution in [1.82, 2.24) is 5.32 Å². The van der Waals surface area contributed by atoms with Crippen molar-refractivity contribution in [3.8, 4) is 6.19 Å². The molecule has 1 unspecified atom stereocenters. The normalized spacial score (nSPS) is 11.5. The minimum absolute atomic E-state index is 0.0824. The number of anilines is 1. The highest BCUT2D eigenvalue weighted by Crippen LogP contribution is 2.19. The molecule has 4 heteroatoms. The highest BCUT2D eigenvalue weighted by molar-refractivity contribution is 5.78. The van der Waals surface area contributed by atoms with Gasteiger partial charge in [0.2, 0.25) is 5.91 Å². The van der Waals surface area contributed by atoms with Gasteiger partial charge in [-0.2, -0.15) is 5.26 Å². The van der Waals surface area contributed by atoms with E-state index in [0.29, 0.717) is 12.1 Å². The molecule has 3 N–H and O–H groups in total. The van der Waals surface area contributed by atoms with Crippen molar-refractivity contribution in [2.24, 2.45) is 0 Å². The van der Waals surface area contributed by atoms with Crippen molar-refractivity contribution in [3.05, 3.63) is 29.8 Å². The molecule has 1 aromatic rings. The number of nitrogens with one attached hydrogen (secondary N) is 1. The molecule has 1 rings (SSSR count). The molecule has 0 aliphatic rings. The molecule has 78 valence electrons. The van der Waals surface area contributed by atoms with Gasteiger partial charge in [0.25, 0.3) is 0 Å². The molecule has 0 radical (unpaired) electrons. The first-order chi connectivity index (χ1) is 7.13. The van der Waals surface area contributed by atoms with E-state index < -0.39 is 0 Å². The molecule has 0 aromatic heterocycles. The summed E-state index contributed by atoms with van der Waals surface area (Å²) in [5.74, 6) is -0.180. The lowest BCUT2D eigenvalue weighted by Crippen LogP contribution is -2.19. The number of carbonyl (C=O) groups is 1. The minimum Gasteiger partial charge on any atom is -0.399 e. The maximum Gasteiger partial charge on any atom is 0.233 e. The molecule has 0 aliphatic carbocycles. The Kier molecular flexibility index (Phi) is 3.69. The number of nitrogens with two attached hydrogens (primary N) is 1. The molecular formula is C11H13N3O. The van der Waals surface area contributed by atoms with Crippen molar-refractivity contribution in [1.29, 1.82) is 5.26 Å². The van der Waals surface area contributed by atoms with Gasteiger partial charge in [-0.05, 0) is 23.6 Å². The molecule has 0 spiro atoms. The van der Waals surface area contributed by atoms with Gasteiger partial charge in [-0.1, -0.05) is 19.1 Å². The summed E-state index contributed by atoms with van der Waals surface area (Å²) < 4.78 is 0. The summed E-state index contributed by atoms with van der Waals surface area (Å²) in [5.41, 5.74) is 7.29. The van der Waals surface area contributed by atoms with Crippen molar-refractivity contribution in [2.45, 2.75) is 19.3 Å². The molecule has 0 heterocycles. The van der Waals surface area contributed by atoms with Crippen molar-refractivity contribution < 1.29 is 4.79 Å². The second-order valence-electron chi connectivity index (χ2n) is 3.43. The molecule has 1 aromatic carbocycles. The third kappa shape index (κ3) is 3.31. The fourth-order valence-electron chi connectivity index (χ4n) is 1.33. The van der Waals surface area contributed by atoms with Crippen LogP contribution >= 0.6 is 0 Å². The summed E-state index contributed by atoms with van der Waals surface area (Å²) in [6.07, 6.45) is 1.92. The Morgan fingerprint density at radius 2 is 2.13 bits per heavy atom. The average molecular weight is 203 g/mol. The molecule has 15 heavy (non-hydrogen) atoms. The van der Waals surface area contributed by atoms with E-state index in [4.69, 9.17) is 11.0 Å². The molecule has 1 amide bonds. The summed E-state index contributed by atoms with van der Waals surface area (Å²) in [4.78, 5) is 11.1. The number of amides is 1. The number of carbonyl (C=O) groups excluding carboxylic acids is 1. The van der Waals surface area contributed by atoms with Crippen LogP contribution in [0.15, 0.2) is 24.3 Å². The molecular weight excluding hydrogens is 190 g/mol. The second-order valence-corrected chi connectivity index (χ2v) is 3.43. The molecule has 0 bridgehead atoms. The van der Waals surface area contributed by atoms with Crippen LogP contribution in [0.4, 0.5) is 5.69 Å². The second kappa shape index (κ2) is 5.01. The van der Waals surface area contributed by atoms with Crippen LogP contribution in [-0.4, -0.2) is 5.91 Å². The highest BCUT2D eigenvalue weighted by Gasteiger charge is 2.10. The van der Waals surface area contributed by atoms with Gasteiger partial charge in [0.05, 0.1) is 0 Å². The first-order valence-electron chi connectivity index (χ1n) is 4.67. The zero-order chi connectivity index (χ0) is 11.3. The van der Waals surface area contributed by atoms with Crippen LogP contribution in [-0.2, 0) is 4.79 Å². The van der Waals surface area contributed by atoms with Gasteiger partial charge < -0.3 is 5.73 Å². The first-order valence-corrected chi connectivity index (χ1v) is 4.67. The number of rotatable bonds is 3. The summed E-state index contributed by atoms with van der Waals surface area (Å²) >= 11 is 0. The summed E-state index contributed by atoms with van der Waals surface area (Å²) in [6.45, 7) is 1.93. The average Bonchev–Trinajstić information content (AvgIpc) is 2.18. The molecule has 0 saturated carbocycles. The number of nitrogens with zero attached hydrogens (tertiary/aromatic N) is 1. The van der Waals surface area contributed by atoms with Crippen LogP contribution in [0.25, 0.3) is 0 Å². The minimum atomic E-state index is -0.262. The van der Waals surface area contributed by atoms with Crippen molar-refractivity contribution >= 4 is 11.6 Å². The Balaban J connectivity index is 2.61. The van der Waals surface area contributed by atoms with E-state index >= 15 is 0 Å². The zero-order valence-corrected chi connectivity index (χ0v) is 8.53. The van der Waals surface area contributed by atoms with Gasteiger partial charge in [-0.3, -0.25) is 10.1 Å². The van der Waals surface area contributed by atoms with Crippen molar-refractivity contribution in [2.75, 3.05) is 5.73 Å². The fraction of sp³-hybridized carbons (Fsp3) is 0.273. The molecule has 0 saturated heterocycles. The first kappa shape index (κ1) is 11.1. The van der Waals surface area contributed by atoms with Crippen LogP contribution in [0.1, 0.15) is 24.8 Å². The van der Waals surface area contributed by atoms with Gasteiger partial charge in [0.15, 0.2) is 6.19 Å². The van der Waals surface area contributed by atoms with E-state index in [0.717, 1.165) is 5.56 Å². The Morgan fingerprint density at radius 3 is 2.67 bits per heavy atom. The largest absolute Gasteiger partial charge is 0.399 e. The van der Waals surface area contributed by atoms with Gasteiger partial charge in [0.1, 0.15) is 0 Å². The smallest absolute Gasteiger partial charge is 0.233 e. The van der Waals surface area contributed by atoms with Gasteiger partial charge in [-0.15, -0.1) is 0 Å². The summed E-state index contributed by atoms with van der Waals surface area (Å²) in [5, 5.41) is 10.4. The fourth-order valence-corrected chi connectivity index (χ4v) is 1.33. The van der Waals surface area contributed by atoms with Gasteiger partial charge in [-0.25, -0.2) is 0 Å². The lowest BCUT2D eigenvalue weighted by Gasteiger charge is -2.10. The SMILES string of the molecule is CC(CC(=O)NC#N)c1ccc(N)cc1. The van der Waals surface area contributed by atoms with Gasteiger partial charge >= 0.3 is 0 Å². The maximum absolute atomic E-state index is 11.1. The third-order valence-electron chi connectivity index (χ3n) is 2.19. The topological polar surface area (TPSA) is 78.9 Å². The van der Waals surface area contributed by atoms with Crippen molar-refractivity contribution in [3.63, 3.8) is 0 Å². The van der Waals surface area contributed by atoms with Crippen LogP contribution in [0.5, 0.6) is 0 Å². The van der Waals surface area contributed by atoms with Crippen LogP contribution in [0, 0.1) is 11.5 Å². The van der Waals surface area contributed by atoms with Crippen LogP contribution in [0.3, 0.4) is 0 Å². The zero-order valence-electron chi connectivity index (χ0n) is 8.53. The summed E-state index contributed by atoms with van der Waals surface area (Å²) in [7, 11) is 0. The monoisotopic (exact) mass is 203 g/mol. The van der Waals surface area contributed by atoms with Gasteiger partial charge in [0, 0.05) is 12.1 Å². The number of hydrogen-bond donors (Lipinski definition) is 2. The predicted octanol–water partition coefficient (Wildman–Crippen LogP) is 1.36. The standard InChI is InChI=1S/C11H13N3O/c1-8(6-11(15)14-7-12)9-2-4-10(13)5-3-9/h2-5,8H,6,13H2,1H3,(H,14,15). The molecule has 4 nitrogen and oxygen atoms in total. The Bertz CT molecular complexity index is 378. The number of hydrogen-bond acceptors (Lipinski definition) is 3. The van der Waals surface area contributed by atoms with E-state index in [2.05, 4.69) is 5.32 Å². The highest BCUT2D eigenvalue weighted by atomic mass is 16.1. The van der Waals surface area contributed by atoms with Crippen LogP contribution < -0.4 is 11.1 Å². The van der Waals surface area contributed by atoms with E-state index in [-0.39, 0.29) is 11.8 Å². The number of nitrogen functional groups attached to an aromatic ring is 1. The Hall–Kier alpha value is -2.02. The molecule has 0 aliphatic heterocycles. The quantitative estimate of drug-likeness (QED) is 0.442. The summed E-state index contributed by atoms with van der Waals surface area (Å²) in [6, 6.07) is 7.38. The Morgan fingerprint density at radius 1 is 1.53 bits per heavy atom. The van der Waals surface area contributed by atoms with E-state index in [1.54, 1.807) is 18.3 Å². The Labute approximate surface area is 88.7 Å². The number of nitriles is 1. The lowest BCUT2D eigenvalue weighted by atomic mass is 9.97. The predicted molar refractivity (Wildman–Crippen MR) is 57.6 cm³/mol. The number of benzene rings is 1. The maximum atomic E-state index is 11.1. The third-order valence-corrected chi connectivity index (χ3v) is 2.19. The van der Waals surface area contributed by atoms with E-state index in [9.17, 15) is 4.79 Å². The van der Waals surface area contributed by atoms with E-state index in [1.165, 1.54) is 0 Å². The molecule has 0 fully saturated rings. The molecule has 1 atom stereocenters. The van der Waals surface area contributed by atoms with E-state index in [1.807, 2.05) is 19.1 Å². The lowest BCUT2D eigenvalue weighted by molar-refractivity contribution is -0.120. The van der Waals surface area contributed by atoms with Crippen LogP contribution in [0.2, 0.25) is 0 Å².